The SMILES string of the molecule is Cc1nn(-c2ccccc2)c2sc(C(=O)N[C@@H](CO)C(C)C)cc12. The molecule has 0 bridgehead atoms. The quantitative estimate of drug-likeness (QED) is 0.748. The molecular weight excluding hydrogens is 322 g/mol. The number of aliphatic hydroxyl groups excluding tert-OH is 1. The summed E-state index contributed by atoms with van der Waals surface area (Å²) in [5.74, 6) is 0.0258. The lowest BCUT2D eigenvalue weighted by atomic mass is 10.1. The van der Waals surface area contributed by atoms with E-state index in [1.807, 2.05) is 61.9 Å². The maximum absolute atomic E-state index is 12.5. The number of para-hydroxylation sites is 1. The fourth-order valence-electron chi connectivity index (χ4n) is 2.57. The van der Waals surface area contributed by atoms with Gasteiger partial charge in [-0.25, -0.2) is 4.68 Å². The zero-order valence-corrected chi connectivity index (χ0v) is 14.8. The molecule has 0 radical (unpaired) electrons. The van der Waals surface area contributed by atoms with Crippen molar-refractivity contribution in [1.82, 2.24) is 15.1 Å². The third-order valence-electron chi connectivity index (χ3n) is 4.09. The molecule has 0 spiro atoms. The zero-order chi connectivity index (χ0) is 17.3. The summed E-state index contributed by atoms with van der Waals surface area (Å²) in [6.45, 7) is 5.83. The van der Waals surface area contributed by atoms with E-state index in [0.717, 1.165) is 21.6 Å². The van der Waals surface area contributed by atoms with E-state index in [9.17, 15) is 9.90 Å². The average molecular weight is 343 g/mol. The van der Waals surface area contributed by atoms with E-state index >= 15 is 0 Å². The topological polar surface area (TPSA) is 67.2 Å². The Balaban J connectivity index is 1.96. The highest BCUT2D eigenvalue weighted by Gasteiger charge is 2.20. The number of aromatic nitrogens is 2. The molecule has 1 amide bonds. The van der Waals surface area contributed by atoms with Crippen molar-refractivity contribution in [3.63, 3.8) is 0 Å². The standard InChI is InChI=1S/C18H21N3O2S/c1-11(2)15(10-22)19-17(23)16-9-14-12(3)20-21(18(14)24-16)13-7-5-4-6-8-13/h4-9,11,15,22H,10H2,1-3H3,(H,19,23)/t15-/m0/s1. The molecule has 5 nitrogen and oxygen atoms in total. The van der Waals surface area contributed by atoms with Gasteiger partial charge >= 0.3 is 0 Å². The third kappa shape index (κ3) is 3.07. The van der Waals surface area contributed by atoms with E-state index in [1.165, 1.54) is 11.3 Å². The molecule has 126 valence electrons. The van der Waals surface area contributed by atoms with Gasteiger partial charge in [0.2, 0.25) is 0 Å². The number of nitrogens with zero attached hydrogens (tertiary/aromatic N) is 2. The van der Waals surface area contributed by atoms with Crippen molar-refractivity contribution in [2.45, 2.75) is 26.8 Å². The third-order valence-corrected chi connectivity index (χ3v) is 5.20. The molecule has 0 unspecified atom stereocenters. The number of carbonyl (C=O) groups excluding carboxylic acids is 1. The summed E-state index contributed by atoms with van der Waals surface area (Å²) in [6.07, 6.45) is 0. The molecular formula is C18H21N3O2S. The van der Waals surface area contributed by atoms with Gasteiger partial charge in [0.05, 0.1) is 28.9 Å². The second-order valence-electron chi connectivity index (χ2n) is 6.17. The van der Waals surface area contributed by atoms with Crippen LogP contribution >= 0.6 is 11.3 Å². The highest BCUT2D eigenvalue weighted by atomic mass is 32.1. The number of aliphatic hydroxyl groups is 1. The summed E-state index contributed by atoms with van der Waals surface area (Å²) in [7, 11) is 0. The molecule has 0 aliphatic heterocycles. The Morgan fingerprint density at radius 3 is 2.67 bits per heavy atom. The van der Waals surface area contributed by atoms with Gasteiger partial charge in [0.1, 0.15) is 4.83 Å². The maximum Gasteiger partial charge on any atom is 0.261 e. The minimum atomic E-state index is -0.241. The first kappa shape index (κ1) is 16.7. The second-order valence-corrected chi connectivity index (χ2v) is 7.20. The molecule has 24 heavy (non-hydrogen) atoms. The number of rotatable bonds is 5. The molecule has 0 saturated heterocycles. The lowest BCUT2D eigenvalue weighted by Crippen LogP contribution is -2.40. The van der Waals surface area contributed by atoms with Crippen LogP contribution in [-0.4, -0.2) is 33.4 Å². The van der Waals surface area contributed by atoms with E-state index in [4.69, 9.17) is 0 Å². The first-order valence-corrected chi connectivity index (χ1v) is 8.79. The highest BCUT2D eigenvalue weighted by molar-refractivity contribution is 7.20. The lowest BCUT2D eigenvalue weighted by Gasteiger charge is -2.19. The van der Waals surface area contributed by atoms with E-state index in [0.29, 0.717) is 4.88 Å². The first-order valence-electron chi connectivity index (χ1n) is 7.97. The Labute approximate surface area is 144 Å². The average Bonchev–Trinajstić information content (AvgIpc) is 3.14. The van der Waals surface area contributed by atoms with Crippen LogP contribution in [0.1, 0.15) is 29.2 Å². The maximum atomic E-state index is 12.5. The number of hydrogen-bond acceptors (Lipinski definition) is 4. The number of nitrogens with one attached hydrogen (secondary N) is 1. The molecule has 1 aromatic carbocycles. The van der Waals surface area contributed by atoms with Crippen LogP contribution in [0.4, 0.5) is 0 Å². The van der Waals surface area contributed by atoms with Crippen LogP contribution in [0.15, 0.2) is 36.4 Å². The van der Waals surface area contributed by atoms with Gasteiger partial charge in [-0.05, 0) is 31.0 Å². The Morgan fingerprint density at radius 1 is 1.33 bits per heavy atom. The van der Waals surface area contributed by atoms with E-state index < -0.39 is 0 Å². The van der Waals surface area contributed by atoms with E-state index in [2.05, 4.69) is 10.4 Å². The summed E-state index contributed by atoms with van der Waals surface area (Å²) in [5.41, 5.74) is 1.87. The molecule has 0 aliphatic carbocycles. The zero-order valence-electron chi connectivity index (χ0n) is 14.0. The summed E-state index contributed by atoms with van der Waals surface area (Å²) in [5, 5.41) is 17.9. The minimum absolute atomic E-state index is 0.0644. The summed E-state index contributed by atoms with van der Waals surface area (Å²) in [4.78, 5) is 14.1. The molecule has 1 atom stereocenters. The number of aryl methyl sites for hydroxylation is 1. The Hall–Kier alpha value is -2.18. The molecule has 6 heteroatoms. The summed E-state index contributed by atoms with van der Waals surface area (Å²) >= 11 is 1.42. The van der Waals surface area contributed by atoms with Crippen molar-refractivity contribution < 1.29 is 9.90 Å². The van der Waals surface area contributed by atoms with Gasteiger partial charge in [-0.15, -0.1) is 11.3 Å². The van der Waals surface area contributed by atoms with E-state index in [1.54, 1.807) is 0 Å². The predicted molar refractivity (Wildman–Crippen MR) is 96.9 cm³/mol. The number of fused-ring (bicyclic) bond motifs is 1. The van der Waals surface area contributed by atoms with Gasteiger partial charge in [0.25, 0.3) is 5.91 Å². The number of hydrogen-bond donors (Lipinski definition) is 2. The molecule has 3 rings (SSSR count). The fourth-order valence-corrected chi connectivity index (χ4v) is 3.65. The normalized spacial score (nSPS) is 12.7. The number of carbonyl (C=O) groups is 1. The molecule has 0 fully saturated rings. The van der Waals surface area contributed by atoms with Crippen molar-refractivity contribution >= 4 is 27.5 Å². The van der Waals surface area contributed by atoms with Gasteiger partial charge in [0, 0.05) is 5.39 Å². The smallest absolute Gasteiger partial charge is 0.261 e. The first-order chi connectivity index (χ1) is 11.5. The lowest BCUT2D eigenvalue weighted by molar-refractivity contribution is 0.0901. The number of benzene rings is 1. The van der Waals surface area contributed by atoms with Gasteiger partial charge in [0.15, 0.2) is 0 Å². The minimum Gasteiger partial charge on any atom is -0.394 e. The van der Waals surface area contributed by atoms with Crippen LogP contribution in [0.25, 0.3) is 15.9 Å². The Kier molecular flexibility index (Phi) is 4.69. The number of thiophene rings is 1. The summed E-state index contributed by atoms with van der Waals surface area (Å²) in [6, 6.07) is 11.5. The van der Waals surface area contributed by atoms with Gasteiger partial charge < -0.3 is 10.4 Å². The van der Waals surface area contributed by atoms with Crippen molar-refractivity contribution in [3.05, 3.63) is 47.0 Å². The van der Waals surface area contributed by atoms with Crippen LogP contribution < -0.4 is 5.32 Å². The second kappa shape index (κ2) is 6.75. The van der Waals surface area contributed by atoms with Crippen LogP contribution in [-0.2, 0) is 0 Å². The Morgan fingerprint density at radius 2 is 2.04 bits per heavy atom. The van der Waals surface area contributed by atoms with Crippen LogP contribution in [0.3, 0.4) is 0 Å². The molecule has 2 N–H and O–H groups in total. The van der Waals surface area contributed by atoms with Crippen LogP contribution in [0.5, 0.6) is 0 Å². The monoisotopic (exact) mass is 343 g/mol. The molecule has 0 aliphatic rings. The van der Waals surface area contributed by atoms with Crippen LogP contribution in [0.2, 0.25) is 0 Å². The van der Waals surface area contributed by atoms with Gasteiger partial charge in [-0.1, -0.05) is 32.0 Å². The van der Waals surface area contributed by atoms with Crippen molar-refractivity contribution in [2.75, 3.05) is 6.61 Å². The van der Waals surface area contributed by atoms with Crippen molar-refractivity contribution in [1.29, 1.82) is 0 Å². The largest absolute Gasteiger partial charge is 0.394 e. The molecule has 2 aromatic heterocycles. The fraction of sp³-hybridized carbons (Fsp3) is 0.333. The predicted octanol–water partition coefficient (Wildman–Crippen LogP) is 3.14. The van der Waals surface area contributed by atoms with Gasteiger partial charge in [-0.2, -0.15) is 5.10 Å². The van der Waals surface area contributed by atoms with Crippen LogP contribution in [0, 0.1) is 12.8 Å². The van der Waals surface area contributed by atoms with Crippen molar-refractivity contribution in [3.8, 4) is 5.69 Å². The van der Waals surface area contributed by atoms with Gasteiger partial charge in [-0.3, -0.25) is 4.79 Å². The molecule has 3 aromatic rings. The summed E-state index contributed by atoms with van der Waals surface area (Å²) < 4.78 is 1.87. The Bertz CT molecular complexity index is 852. The van der Waals surface area contributed by atoms with Crippen molar-refractivity contribution in [2.24, 2.45) is 5.92 Å². The number of amides is 1. The molecule has 2 heterocycles. The van der Waals surface area contributed by atoms with E-state index in [-0.39, 0.29) is 24.5 Å². The highest BCUT2D eigenvalue weighted by Crippen LogP contribution is 2.30. The molecule has 0 saturated carbocycles.